The average molecular weight is 209 g/mol. The molecule has 82 valence electrons. The van der Waals surface area contributed by atoms with Crippen molar-refractivity contribution in [3.8, 4) is 0 Å². The lowest BCUT2D eigenvalue weighted by atomic mass is 9.79. The predicted octanol–water partition coefficient (Wildman–Crippen LogP) is 2.56. The third kappa shape index (κ3) is 1.84. The van der Waals surface area contributed by atoms with Crippen molar-refractivity contribution in [3.63, 3.8) is 0 Å². The maximum absolute atomic E-state index is 13.3. The first-order valence-electron chi connectivity index (χ1n) is 5.40. The molecule has 15 heavy (non-hydrogen) atoms. The molecule has 1 aliphatic rings. The molecule has 0 spiro atoms. The van der Waals surface area contributed by atoms with Crippen molar-refractivity contribution < 1.29 is 9.50 Å². The molecule has 3 heteroatoms. The topological polar surface area (TPSA) is 46.2 Å². The normalized spacial score (nSPS) is 20.1. The van der Waals surface area contributed by atoms with Crippen molar-refractivity contribution in [3.05, 3.63) is 29.6 Å². The Balaban J connectivity index is 2.39. The molecule has 0 atom stereocenters. The highest BCUT2D eigenvalue weighted by molar-refractivity contribution is 5.51. The van der Waals surface area contributed by atoms with E-state index in [1.54, 1.807) is 12.1 Å². The number of nitrogens with two attached hydrogens (primary N) is 1. The molecule has 1 aromatic carbocycles. The Kier molecular flexibility index (Phi) is 2.65. The van der Waals surface area contributed by atoms with Crippen LogP contribution in [0, 0.1) is 5.82 Å². The molecule has 3 N–H and O–H groups in total. The zero-order chi connectivity index (χ0) is 10.9. The van der Waals surface area contributed by atoms with E-state index in [0.717, 1.165) is 19.3 Å². The summed E-state index contributed by atoms with van der Waals surface area (Å²) in [5, 5.41) is 10.4. The van der Waals surface area contributed by atoms with Crippen LogP contribution in [0.1, 0.15) is 37.7 Å². The van der Waals surface area contributed by atoms with E-state index in [0.29, 0.717) is 18.4 Å². The fraction of sp³-hybridized carbons (Fsp3) is 0.500. The summed E-state index contributed by atoms with van der Waals surface area (Å²) in [6, 6.07) is 4.66. The summed E-state index contributed by atoms with van der Waals surface area (Å²) in [5.41, 5.74) is 5.41. The van der Waals surface area contributed by atoms with Gasteiger partial charge in [-0.2, -0.15) is 0 Å². The van der Waals surface area contributed by atoms with E-state index in [9.17, 15) is 9.50 Å². The standard InChI is InChI=1S/C12H16FNO/c13-10-6-4-5-9(11(10)14)12(15)7-2-1-3-8-12/h4-6,15H,1-3,7-8,14H2. The predicted molar refractivity (Wildman–Crippen MR) is 57.8 cm³/mol. The maximum atomic E-state index is 13.3. The molecule has 1 fully saturated rings. The second kappa shape index (κ2) is 3.81. The highest BCUT2D eigenvalue weighted by Gasteiger charge is 2.33. The first-order valence-corrected chi connectivity index (χ1v) is 5.40. The van der Waals surface area contributed by atoms with E-state index in [1.165, 1.54) is 6.07 Å². The Hall–Kier alpha value is -1.09. The monoisotopic (exact) mass is 209 g/mol. The van der Waals surface area contributed by atoms with Crippen molar-refractivity contribution in [1.29, 1.82) is 0 Å². The zero-order valence-corrected chi connectivity index (χ0v) is 8.67. The molecule has 0 unspecified atom stereocenters. The van der Waals surface area contributed by atoms with Crippen molar-refractivity contribution in [2.24, 2.45) is 0 Å². The van der Waals surface area contributed by atoms with E-state index in [1.807, 2.05) is 0 Å². The lowest BCUT2D eigenvalue weighted by molar-refractivity contribution is -0.000125. The summed E-state index contributed by atoms with van der Waals surface area (Å²) in [5.74, 6) is -0.438. The Bertz CT molecular complexity index is 359. The van der Waals surface area contributed by atoms with Gasteiger partial charge in [0.25, 0.3) is 0 Å². The van der Waals surface area contributed by atoms with Crippen molar-refractivity contribution >= 4 is 5.69 Å². The Morgan fingerprint density at radius 2 is 1.87 bits per heavy atom. The van der Waals surface area contributed by atoms with Crippen molar-refractivity contribution in [2.45, 2.75) is 37.7 Å². The van der Waals surface area contributed by atoms with Crippen LogP contribution < -0.4 is 5.73 Å². The van der Waals surface area contributed by atoms with Crippen LogP contribution in [0.2, 0.25) is 0 Å². The molecule has 2 nitrogen and oxygen atoms in total. The molecule has 1 aliphatic carbocycles. The van der Waals surface area contributed by atoms with Crippen LogP contribution in [0.5, 0.6) is 0 Å². The number of hydrogen-bond donors (Lipinski definition) is 2. The van der Waals surface area contributed by atoms with Gasteiger partial charge in [0, 0.05) is 5.56 Å². The summed E-state index contributed by atoms with van der Waals surface area (Å²) in [4.78, 5) is 0. The van der Waals surface area contributed by atoms with Gasteiger partial charge in [0.2, 0.25) is 0 Å². The van der Waals surface area contributed by atoms with Crippen LogP contribution in [0.25, 0.3) is 0 Å². The number of halogens is 1. The average Bonchev–Trinajstić information content (AvgIpc) is 2.23. The van der Waals surface area contributed by atoms with Gasteiger partial charge in [0.1, 0.15) is 5.82 Å². The van der Waals surface area contributed by atoms with Crippen molar-refractivity contribution in [2.75, 3.05) is 5.73 Å². The first-order chi connectivity index (χ1) is 7.13. The number of hydrogen-bond acceptors (Lipinski definition) is 2. The molecular weight excluding hydrogens is 193 g/mol. The van der Waals surface area contributed by atoms with Crippen LogP contribution in [-0.4, -0.2) is 5.11 Å². The smallest absolute Gasteiger partial charge is 0.146 e. The van der Waals surface area contributed by atoms with Crippen LogP contribution in [0.4, 0.5) is 10.1 Å². The number of benzene rings is 1. The Morgan fingerprint density at radius 1 is 1.20 bits per heavy atom. The molecule has 0 saturated heterocycles. The molecule has 0 amide bonds. The van der Waals surface area contributed by atoms with Crippen LogP contribution in [0.15, 0.2) is 18.2 Å². The molecule has 0 aliphatic heterocycles. The van der Waals surface area contributed by atoms with Gasteiger partial charge in [-0.25, -0.2) is 4.39 Å². The minimum atomic E-state index is -0.912. The number of rotatable bonds is 1. The molecule has 0 heterocycles. The number of nitrogen functional groups attached to an aromatic ring is 1. The van der Waals surface area contributed by atoms with Gasteiger partial charge in [-0.15, -0.1) is 0 Å². The van der Waals surface area contributed by atoms with Gasteiger partial charge in [-0.1, -0.05) is 31.4 Å². The van der Waals surface area contributed by atoms with E-state index < -0.39 is 11.4 Å². The van der Waals surface area contributed by atoms with E-state index in [-0.39, 0.29) is 5.69 Å². The minimum Gasteiger partial charge on any atom is -0.396 e. The Morgan fingerprint density at radius 3 is 2.53 bits per heavy atom. The number of para-hydroxylation sites is 1. The van der Waals surface area contributed by atoms with Gasteiger partial charge < -0.3 is 10.8 Å². The summed E-state index contributed by atoms with van der Waals surface area (Å²) in [6.45, 7) is 0. The van der Waals surface area contributed by atoms with E-state index in [4.69, 9.17) is 5.73 Å². The molecular formula is C12H16FNO. The molecule has 0 bridgehead atoms. The first kappa shape index (κ1) is 10.4. The Labute approximate surface area is 88.9 Å². The molecule has 0 aromatic heterocycles. The zero-order valence-electron chi connectivity index (χ0n) is 8.67. The fourth-order valence-corrected chi connectivity index (χ4v) is 2.35. The number of anilines is 1. The molecule has 1 aromatic rings. The van der Waals surface area contributed by atoms with Gasteiger partial charge >= 0.3 is 0 Å². The highest BCUT2D eigenvalue weighted by atomic mass is 19.1. The number of aliphatic hydroxyl groups is 1. The highest BCUT2D eigenvalue weighted by Crippen LogP contribution is 2.39. The molecule has 0 radical (unpaired) electrons. The summed E-state index contributed by atoms with van der Waals surface area (Å²) in [6.07, 6.45) is 4.46. The SMILES string of the molecule is Nc1c(F)cccc1C1(O)CCCCC1. The lowest BCUT2D eigenvalue weighted by Crippen LogP contribution is -2.29. The van der Waals surface area contributed by atoms with Gasteiger partial charge in [0.05, 0.1) is 11.3 Å². The van der Waals surface area contributed by atoms with Crippen LogP contribution in [0.3, 0.4) is 0 Å². The van der Waals surface area contributed by atoms with Gasteiger partial charge in [0.15, 0.2) is 0 Å². The van der Waals surface area contributed by atoms with Crippen LogP contribution >= 0.6 is 0 Å². The molecule has 1 saturated carbocycles. The summed E-state index contributed by atoms with van der Waals surface area (Å²) >= 11 is 0. The van der Waals surface area contributed by atoms with Gasteiger partial charge in [-0.3, -0.25) is 0 Å². The van der Waals surface area contributed by atoms with Crippen LogP contribution in [-0.2, 0) is 5.60 Å². The quantitative estimate of drug-likeness (QED) is 0.698. The van der Waals surface area contributed by atoms with E-state index >= 15 is 0 Å². The summed E-state index contributed by atoms with van der Waals surface area (Å²) in [7, 11) is 0. The lowest BCUT2D eigenvalue weighted by Gasteiger charge is -2.33. The second-order valence-electron chi connectivity index (χ2n) is 4.29. The third-order valence-corrected chi connectivity index (χ3v) is 3.23. The summed E-state index contributed by atoms with van der Waals surface area (Å²) < 4.78 is 13.3. The molecule has 2 rings (SSSR count). The maximum Gasteiger partial charge on any atom is 0.146 e. The second-order valence-corrected chi connectivity index (χ2v) is 4.29. The van der Waals surface area contributed by atoms with E-state index in [2.05, 4.69) is 0 Å². The minimum absolute atomic E-state index is 0.0990. The largest absolute Gasteiger partial charge is 0.396 e. The van der Waals surface area contributed by atoms with Crippen molar-refractivity contribution in [1.82, 2.24) is 0 Å². The van der Waals surface area contributed by atoms with Gasteiger partial charge in [-0.05, 0) is 18.9 Å². The fourth-order valence-electron chi connectivity index (χ4n) is 2.35. The third-order valence-electron chi connectivity index (χ3n) is 3.23.